The lowest BCUT2D eigenvalue weighted by Crippen LogP contribution is -2.29. The van der Waals surface area contributed by atoms with Gasteiger partial charge in [0.25, 0.3) is 5.69 Å². The summed E-state index contributed by atoms with van der Waals surface area (Å²) in [5.74, 6) is 0. The van der Waals surface area contributed by atoms with Crippen molar-refractivity contribution in [2.24, 2.45) is 5.41 Å². The molecule has 1 aliphatic rings. The van der Waals surface area contributed by atoms with Crippen molar-refractivity contribution < 1.29 is 4.92 Å². The second-order valence-electron chi connectivity index (χ2n) is 6.00. The quantitative estimate of drug-likeness (QED) is 0.649. The SMILES string of the molecule is CC1(C)CCC(Nc2cc([N+](=O)[O-])ccc2Cl)CC1. The second kappa shape index (κ2) is 5.37. The molecule has 0 spiro atoms. The maximum Gasteiger partial charge on any atom is 0.271 e. The summed E-state index contributed by atoms with van der Waals surface area (Å²) in [6.45, 7) is 4.56. The van der Waals surface area contributed by atoms with Crippen molar-refractivity contribution in [1.29, 1.82) is 0 Å². The number of rotatable bonds is 3. The van der Waals surface area contributed by atoms with E-state index in [-0.39, 0.29) is 5.69 Å². The zero-order valence-electron chi connectivity index (χ0n) is 11.3. The van der Waals surface area contributed by atoms with Crippen LogP contribution in [0.15, 0.2) is 18.2 Å². The van der Waals surface area contributed by atoms with Gasteiger partial charge in [-0.3, -0.25) is 10.1 Å². The molecule has 5 heteroatoms. The molecule has 0 unspecified atom stereocenters. The fourth-order valence-corrected chi connectivity index (χ4v) is 2.67. The van der Waals surface area contributed by atoms with E-state index in [1.807, 2.05) is 0 Å². The van der Waals surface area contributed by atoms with E-state index in [4.69, 9.17) is 11.6 Å². The number of nitrogens with zero attached hydrogens (tertiary/aromatic N) is 1. The Kier molecular flexibility index (Phi) is 3.99. The molecule has 1 aromatic rings. The Morgan fingerprint density at radius 2 is 2.00 bits per heavy atom. The van der Waals surface area contributed by atoms with Crippen molar-refractivity contribution in [1.82, 2.24) is 0 Å². The van der Waals surface area contributed by atoms with Crippen LogP contribution in [0.4, 0.5) is 11.4 Å². The summed E-state index contributed by atoms with van der Waals surface area (Å²) in [4.78, 5) is 10.4. The molecule has 1 aromatic carbocycles. The Labute approximate surface area is 118 Å². The molecule has 0 bridgehead atoms. The molecule has 4 nitrogen and oxygen atoms in total. The zero-order valence-corrected chi connectivity index (χ0v) is 12.0. The van der Waals surface area contributed by atoms with E-state index in [1.165, 1.54) is 12.1 Å². The van der Waals surface area contributed by atoms with Crippen molar-refractivity contribution >= 4 is 23.0 Å². The molecular formula is C14H19ClN2O2. The topological polar surface area (TPSA) is 55.2 Å². The van der Waals surface area contributed by atoms with Gasteiger partial charge < -0.3 is 5.32 Å². The average Bonchev–Trinajstić information content (AvgIpc) is 2.34. The van der Waals surface area contributed by atoms with Gasteiger partial charge in [0.2, 0.25) is 0 Å². The van der Waals surface area contributed by atoms with Crippen LogP contribution in [0, 0.1) is 15.5 Å². The molecule has 19 heavy (non-hydrogen) atoms. The van der Waals surface area contributed by atoms with Gasteiger partial charge in [0.15, 0.2) is 0 Å². The van der Waals surface area contributed by atoms with E-state index >= 15 is 0 Å². The van der Waals surface area contributed by atoms with Gasteiger partial charge in [-0.1, -0.05) is 25.4 Å². The first-order chi connectivity index (χ1) is 8.87. The van der Waals surface area contributed by atoms with Crippen LogP contribution >= 0.6 is 11.6 Å². The van der Waals surface area contributed by atoms with E-state index in [1.54, 1.807) is 6.07 Å². The standard InChI is InChI=1S/C14H19ClN2O2/c1-14(2)7-5-10(6-8-14)16-13-9-11(17(18)19)3-4-12(13)15/h3-4,9-10,16H,5-8H2,1-2H3. The number of anilines is 1. The molecule has 0 heterocycles. The lowest BCUT2D eigenvalue weighted by Gasteiger charge is -2.35. The minimum Gasteiger partial charge on any atom is -0.381 e. The molecule has 0 atom stereocenters. The molecule has 0 radical (unpaired) electrons. The number of benzene rings is 1. The number of hydrogen-bond donors (Lipinski definition) is 1. The summed E-state index contributed by atoms with van der Waals surface area (Å²) in [5.41, 5.74) is 1.15. The first-order valence-corrected chi connectivity index (χ1v) is 6.96. The molecule has 1 aliphatic carbocycles. The predicted molar refractivity (Wildman–Crippen MR) is 77.8 cm³/mol. The summed E-state index contributed by atoms with van der Waals surface area (Å²) >= 11 is 6.09. The molecule has 0 aromatic heterocycles. The number of nitro benzene ring substituents is 1. The van der Waals surface area contributed by atoms with Crippen molar-refractivity contribution in [3.8, 4) is 0 Å². The van der Waals surface area contributed by atoms with Crippen LogP contribution < -0.4 is 5.32 Å². The monoisotopic (exact) mass is 282 g/mol. The molecule has 2 rings (SSSR count). The highest BCUT2D eigenvalue weighted by Gasteiger charge is 2.27. The highest BCUT2D eigenvalue weighted by atomic mass is 35.5. The molecule has 0 aliphatic heterocycles. The average molecular weight is 283 g/mol. The number of hydrogen-bond acceptors (Lipinski definition) is 3. The van der Waals surface area contributed by atoms with Gasteiger partial charge in [0.1, 0.15) is 0 Å². The van der Waals surface area contributed by atoms with Gasteiger partial charge in [-0.15, -0.1) is 0 Å². The number of nitro groups is 1. The number of halogens is 1. The normalized spacial score (nSPS) is 19.1. The van der Waals surface area contributed by atoms with Gasteiger partial charge in [-0.25, -0.2) is 0 Å². The number of non-ortho nitro benzene ring substituents is 1. The third kappa shape index (κ3) is 3.60. The van der Waals surface area contributed by atoms with Crippen LogP contribution in [-0.4, -0.2) is 11.0 Å². The summed E-state index contributed by atoms with van der Waals surface area (Å²) in [7, 11) is 0. The summed E-state index contributed by atoms with van der Waals surface area (Å²) in [6, 6.07) is 4.88. The lowest BCUT2D eigenvalue weighted by molar-refractivity contribution is -0.384. The fourth-order valence-electron chi connectivity index (χ4n) is 2.50. The summed E-state index contributed by atoms with van der Waals surface area (Å²) < 4.78 is 0. The van der Waals surface area contributed by atoms with Crippen molar-refractivity contribution in [3.63, 3.8) is 0 Å². The van der Waals surface area contributed by atoms with Crippen LogP contribution in [0.2, 0.25) is 5.02 Å². The molecule has 104 valence electrons. The Bertz CT molecular complexity index is 478. The Balaban J connectivity index is 2.07. The van der Waals surface area contributed by atoms with Gasteiger partial charge >= 0.3 is 0 Å². The van der Waals surface area contributed by atoms with Crippen LogP contribution in [0.25, 0.3) is 0 Å². The highest BCUT2D eigenvalue weighted by Crippen LogP contribution is 2.37. The Morgan fingerprint density at radius 1 is 1.37 bits per heavy atom. The second-order valence-corrected chi connectivity index (χ2v) is 6.41. The van der Waals surface area contributed by atoms with Crippen LogP contribution in [0.1, 0.15) is 39.5 Å². The molecule has 0 amide bonds. The number of nitrogens with one attached hydrogen (secondary N) is 1. The van der Waals surface area contributed by atoms with Crippen molar-refractivity contribution in [2.75, 3.05) is 5.32 Å². The molecule has 1 N–H and O–H groups in total. The Morgan fingerprint density at radius 3 is 2.58 bits per heavy atom. The van der Waals surface area contributed by atoms with Crippen molar-refractivity contribution in [3.05, 3.63) is 33.3 Å². The Hall–Kier alpha value is -1.29. The van der Waals surface area contributed by atoms with E-state index in [0.29, 0.717) is 22.2 Å². The lowest BCUT2D eigenvalue weighted by atomic mass is 9.75. The van der Waals surface area contributed by atoms with E-state index in [2.05, 4.69) is 19.2 Å². The van der Waals surface area contributed by atoms with E-state index in [9.17, 15) is 10.1 Å². The fraction of sp³-hybridized carbons (Fsp3) is 0.571. The summed E-state index contributed by atoms with van der Waals surface area (Å²) in [6.07, 6.45) is 4.48. The molecular weight excluding hydrogens is 264 g/mol. The maximum atomic E-state index is 10.8. The molecule has 0 saturated heterocycles. The smallest absolute Gasteiger partial charge is 0.271 e. The maximum absolute atomic E-state index is 10.8. The van der Waals surface area contributed by atoms with Crippen LogP contribution in [0.5, 0.6) is 0 Å². The molecule has 1 fully saturated rings. The third-order valence-corrected chi connectivity index (χ3v) is 4.19. The molecule has 1 saturated carbocycles. The minimum atomic E-state index is -0.397. The highest BCUT2D eigenvalue weighted by molar-refractivity contribution is 6.33. The minimum absolute atomic E-state index is 0.0723. The van der Waals surface area contributed by atoms with Crippen LogP contribution in [0.3, 0.4) is 0 Å². The van der Waals surface area contributed by atoms with Gasteiger partial charge in [0.05, 0.1) is 15.6 Å². The van der Waals surface area contributed by atoms with Gasteiger partial charge in [0, 0.05) is 18.2 Å². The van der Waals surface area contributed by atoms with Gasteiger partial charge in [-0.05, 0) is 37.2 Å². The largest absolute Gasteiger partial charge is 0.381 e. The van der Waals surface area contributed by atoms with Gasteiger partial charge in [-0.2, -0.15) is 0 Å². The summed E-state index contributed by atoms with van der Waals surface area (Å²) in [5, 5.41) is 14.7. The van der Waals surface area contributed by atoms with E-state index < -0.39 is 4.92 Å². The predicted octanol–water partition coefficient (Wildman–Crippen LogP) is 4.63. The zero-order chi connectivity index (χ0) is 14.0. The van der Waals surface area contributed by atoms with Crippen molar-refractivity contribution in [2.45, 2.75) is 45.6 Å². The first kappa shape index (κ1) is 14.1. The first-order valence-electron chi connectivity index (χ1n) is 6.58. The van der Waals surface area contributed by atoms with E-state index in [0.717, 1.165) is 25.7 Å². The third-order valence-electron chi connectivity index (χ3n) is 3.86. The van der Waals surface area contributed by atoms with Crippen LogP contribution in [-0.2, 0) is 0 Å².